The average molecular weight is 230 g/mol. The quantitative estimate of drug-likeness (QED) is 0.757. The largest absolute Gasteiger partial charge is 0.412 e. The summed E-state index contributed by atoms with van der Waals surface area (Å²) < 4.78 is 0. The van der Waals surface area contributed by atoms with Crippen LogP contribution in [0.4, 0.5) is 5.69 Å². The summed E-state index contributed by atoms with van der Waals surface area (Å²) in [5.41, 5.74) is 13.8. The predicted molar refractivity (Wildman–Crippen MR) is 68.4 cm³/mol. The second-order valence-electron chi connectivity index (χ2n) is 3.54. The van der Waals surface area contributed by atoms with Gasteiger partial charge >= 0.3 is 0 Å². The summed E-state index contributed by atoms with van der Waals surface area (Å²) in [7, 11) is 0. The lowest BCUT2D eigenvalue weighted by molar-refractivity contribution is 0.100. The van der Waals surface area contributed by atoms with E-state index in [0.717, 1.165) is 11.1 Å². The van der Waals surface area contributed by atoms with Gasteiger partial charge < -0.3 is 16.9 Å². The highest BCUT2D eigenvalue weighted by Crippen LogP contribution is 2.25. The van der Waals surface area contributed by atoms with Gasteiger partial charge in [-0.15, -0.1) is 0 Å². The number of carbonyl (C=O) groups is 1. The maximum atomic E-state index is 11.3. The van der Waals surface area contributed by atoms with Crippen molar-refractivity contribution < 1.29 is 10.3 Å². The van der Waals surface area contributed by atoms with Gasteiger partial charge in [0, 0.05) is 11.3 Å². The van der Waals surface area contributed by atoms with Gasteiger partial charge in [0.15, 0.2) is 0 Å². The van der Waals surface area contributed by atoms with E-state index in [1.165, 1.54) is 0 Å². The maximum absolute atomic E-state index is 11.3. The fourth-order valence-electron chi connectivity index (χ4n) is 1.63. The van der Waals surface area contributed by atoms with Crippen LogP contribution in [0, 0.1) is 0 Å². The number of hydrogen-bond donors (Lipinski definition) is 2. The summed E-state index contributed by atoms with van der Waals surface area (Å²) in [5, 5.41) is 0. The van der Waals surface area contributed by atoms with E-state index >= 15 is 0 Å². The van der Waals surface area contributed by atoms with Gasteiger partial charge in [0.1, 0.15) is 0 Å². The van der Waals surface area contributed by atoms with E-state index in [1.807, 2.05) is 30.3 Å². The minimum atomic E-state index is -0.446. The first-order chi connectivity index (χ1) is 7.68. The number of nitrogens with two attached hydrogens (primary N) is 2. The lowest BCUT2D eigenvalue weighted by atomic mass is 9.99. The van der Waals surface area contributed by atoms with Crippen molar-refractivity contribution in [3.63, 3.8) is 0 Å². The minimum Gasteiger partial charge on any atom is -0.412 e. The molecule has 0 aliphatic rings. The van der Waals surface area contributed by atoms with E-state index in [4.69, 9.17) is 11.5 Å². The number of primary amides is 1. The standard InChI is InChI=1S/C13H12N2O.H2O/c14-10-6-7-11(13(15)16)12(8-10)9-4-2-1-3-5-9;/h1-8H,14H2,(H2,15,16);1H2. The molecule has 0 unspecified atom stereocenters. The number of anilines is 1. The molecule has 0 saturated carbocycles. The molecule has 4 heteroatoms. The van der Waals surface area contributed by atoms with Crippen LogP contribution in [0.25, 0.3) is 11.1 Å². The molecule has 0 fully saturated rings. The van der Waals surface area contributed by atoms with Gasteiger partial charge in [-0.3, -0.25) is 4.79 Å². The molecule has 4 nitrogen and oxygen atoms in total. The molecular weight excluding hydrogens is 216 g/mol. The van der Waals surface area contributed by atoms with Crippen LogP contribution in [-0.4, -0.2) is 11.4 Å². The third-order valence-corrected chi connectivity index (χ3v) is 2.39. The fourth-order valence-corrected chi connectivity index (χ4v) is 1.63. The van der Waals surface area contributed by atoms with Gasteiger partial charge in [-0.1, -0.05) is 30.3 Å². The van der Waals surface area contributed by atoms with Crippen LogP contribution >= 0.6 is 0 Å². The average Bonchev–Trinajstić information content (AvgIpc) is 2.29. The number of rotatable bonds is 2. The van der Waals surface area contributed by atoms with Crippen LogP contribution in [0.5, 0.6) is 0 Å². The minimum absolute atomic E-state index is 0. The summed E-state index contributed by atoms with van der Waals surface area (Å²) in [6, 6.07) is 14.6. The van der Waals surface area contributed by atoms with Gasteiger partial charge in [0.25, 0.3) is 0 Å². The lowest BCUT2D eigenvalue weighted by Gasteiger charge is -2.07. The van der Waals surface area contributed by atoms with Crippen molar-refractivity contribution in [2.24, 2.45) is 5.73 Å². The number of benzene rings is 2. The zero-order valence-electron chi connectivity index (χ0n) is 9.18. The Kier molecular flexibility index (Phi) is 3.85. The van der Waals surface area contributed by atoms with E-state index in [-0.39, 0.29) is 5.48 Å². The molecular formula is C13H14N2O2. The molecule has 0 aliphatic carbocycles. The number of amides is 1. The molecule has 0 radical (unpaired) electrons. The van der Waals surface area contributed by atoms with Gasteiger partial charge in [-0.05, 0) is 29.3 Å². The third kappa shape index (κ3) is 2.62. The molecule has 0 saturated heterocycles. The normalized spacial score (nSPS) is 9.41. The highest BCUT2D eigenvalue weighted by molar-refractivity contribution is 6.00. The Morgan fingerprint density at radius 1 is 1.00 bits per heavy atom. The van der Waals surface area contributed by atoms with E-state index in [2.05, 4.69) is 0 Å². The molecule has 0 spiro atoms. The van der Waals surface area contributed by atoms with Crippen LogP contribution in [0.1, 0.15) is 10.4 Å². The monoisotopic (exact) mass is 230 g/mol. The predicted octanol–water partition coefficient (Wildman–Crippen LogP) is 1.21. The highest BCUT2D eigenvalue weighted by atomic mass is 16.1. The Morgan fingerprint density at radius 3 is 2.24 bits per heavy atom. The first-order valence-corrected chi connectivity index (χ1v) is 4.93. The second kappa shape index (κ2) is 5.14. The van der Waals surface area contributed by atoms with Crippen molar-refractivity contribution in [3.05, 3.63) is 54.1 Å². The van der Waals surface area contributed by atoms with Gasteiger partial charge in [-0.2, -0.15) is 0 Å². The Hall–Kier alpha value is -2.33. The van der Waals surface area contributed by atoms with Crippen LogP contribution in [-0.2, 0) is 0 Å². The smallest absolute Gasteiger partial charge is 0.249 e. The topological polar surface area (TPSA) is 101 Å². The van der Waals surface area contributed by atoms with E-state index in [0.29, 0.717) is 11.3 Å². The van der Waals surface area contributed by atoms with E-state index in [1.54, 1.807) is 18.2 Å². The molecule has 6 N–H and O–H groups in total. The van der Waals surface area contributed by atoms with Crippen LogP contribution in [0.3, 0.4) is 0 Å². The van der Waals surface area contributed by atoms with Crippen LogP contribution in [0.15, 0.2) is 48.5 Å². The SMILES string of the molecule is NC(=O)c1ccc(N)cc1-c1ccccc1.O. The molecule has 1 amide bonds. The number of hydrogen-bond acceptors (Lipinski definition) is 2. The third-order valence-electron chi connectivity index (χ3n) is 2.39. The first kappa shape index (κ1) is 12.7. The molecule has 17 heavy (non-hydrogen) atoms. The van der Waals surface area contributed by atoms with Gasteiger partial charge in [0.05, 0.1) is 0 Å². The summed E-state index contributed by atoms with van der Waals surface area (Å²) >= 11 is 0. The summed E-state index contributed by atoms with van der Waals surface area (Å²) in [5.74, 6) is -0.446. The van der Waals surface area contributed by atoms with E-state index in [9.17, 15) is 4.79 Å². The van der Waals surface area contributed by atoms with E-state index < -0.39 is 5.91 Å². The van der Waals surface area contributed by atoms with Crippen molar-refractivity contribution in [1.29, 1.82) is 0 Å². The van der Waals surface area contributed by atoms with Crippen molar-refractivity contribution in [2.45, 2.75) is 0 Å². The Balaban J connectivity index is 0.00000144. The van der Waals surface area contributed by atoms with Crippen molar-refractivity contribution in [1.82, 2.24) is 0 Å². The summed E-state index contributed by atoms with van der Waals surface area (Å²) in [6.07, 6.45) is 0. The van der Waals surface area contributed by atoms with Crippen LogP contribution < -0.4 is 11.5 Å². The van der Waals surface area contributed by atoms with Gasteiger partial charge in [-0.25, -0.2) is 0 Å². The van der Waals surface area contributed by atoms with Crippen molar-refractivity contribution in [3.8, 4) is 11.1 Å². The Bertz CT molecular complexity index is 524. The Labute approximate surface area is 99.2 Å². The molecule has 0 aliphatic heterocycles. The Morgan fingerprint density at radius 2 is 1.65 bits per heavy atom. The molecule has 0 bridgehead atoms. The van der Waals surface area contributed by atoms with Crippen molar-refractivity contribution in [2.75, 3.05) is 5.73 Å². The molecule has 2 aromatic rings. The maximum Gasteiger partial charge on any atom is 0.249 e. The molecule has 2 rings (SSSR count). The second-order valence-corrected chi connectivity index (χ2v) is 3.54. The molecule has 88 valence electrons. The first-order valence-electron chi connectivity index (χ1n) is 4.93. The zero-order chi connectivity index (χ0) is 11.5. The molecule has 2 aromatic carbocycles. The molecule has 0 heterocycles. The van der Waals surface area contributed by atoms with Crippen molar-refractivity contribution >= 4 is 11.6 Å². The highest BCUT2D eigenvalue weighted by Gasteiger charge is 2.09. The number of nitrogen functional groups attached to an aromatic ring is 1. The van der Waals surface area contributed by atoms with Gasteiger partial charge in [0.2, 0.25) is 5.91 Å². The molecule has 0 aromatic heterocycles. The number of carbonyl (C=O) groups excluding carboxylic acids is 1. The lowest BCUT2D eigenvalue weighted by Crippen LogP contribution is -2.12. The summed E-state index contributed by atoms with van der Waals surface area (Å²) in [6.45, 7) is 0. The zero-order valence-corrected chi connectivity index (χ0v) is 9.18. The fraction of sp³-hybridized carbons (Fsp3) is 0. The molecule has 0 atom stereocenters. The summed E-state index contributed by atoms with van der Waals surface area (Å²) in [4.78, 5) is 11.3. The van der Waals surface area contributed by atoms with Crippen LogP contribution in [0.2, 0.25) is 0 Å².